The van der Waals surface area contributed by atoms with E-state index in [-0.39, 0.29) is 0 Å². The van der Waals surface area contributed by atoms with Crippen LogP contribution < -0.4 is 0 Å². The molecule has 5 heteroatoms. The molecule has 20 heavy (non-hydrogen) atoms. The lowest BCUT2D eigenvalue weighted by Crippen LogP contribution is -2.08. The van der Waals surface area contributed by atoms with Gasteiger partial charge in [0.05, 0.1) is 23.8 Å². The van der Waals surface area contributed by atoms with Crippen molar-refractivity contribution in [2.45, 2.75) is 0 Å². The van der Waals surface area contributed by atoms with Crippen LogP contribution in [-0.2, 0) is 11.4 Å². The molecule has 100 valence electrons. The van der Waals surface area contributed by atoms with Gasteiger partial charge in [0, 0.05) is 22.7 Å². The Morgan fingerprint density at radius 1 is 1.20 bits per heavy atom. The third-order valence-electron chi connectivity index (χ3n) is 3.22. The fourth-order valence-corrected chi connectivity index (χ4v) is 2.88. The zero-order valence-electron chi connectivity index (χ0n) is 10.8. The Morgan fingerprint density at radius 2 is 1.95 bits per heavy atom. The van der Waals surface area contributed by atoms with Gasteiger partial charge in [0.25, 0.3) is 0 Å². The molecule has 0 aliphatic rings. The topological polar surface area (TPSA) is 58.0 Å². The maximum absolute atomic E-state index is 11.7. The van der Waals surface area contributed by atoms with E-state index in [1.165, 1.54) is 0 Å². The predicted octanol–water partition coefficient (Wildman–Crippen LogP) is 2.66. The van der Waals surface area contributed by atoms with Gasteiger partial charge in [0.2, 0.25) is 0 Å². The molecule has 0 fully saturated rings. The summed E-state index contributed by atoms with van der Waals surface area (Å²) in [6, 6.07) is 9.26. The van der Waals surface area contributed by atoms with E-state index in [4.69, 9.17) is 0 Å². The number of nitrogens with zero attached hydrogens (tertiary/aromatic N) is 2. The highest BCUT2D eigenvalue weighted by Gasteiger charge is 2.12. The number of aldehydes is 1. The van der Waals surface area contributed by atoms with Crippen molar-refractivity contribution in [3.63, 3.8) is 0 Å². The summed E-state index contributed by atoms with van der Waals surface area (Å²) in [4.78, 5) is 14.9. The summed E-state index contributed by atoms with van der Waals surface area (Å²) in [6.07, 6.45) is 7.73. The largest absolute Gasteiger partial charge is 0.593 e. The van der Waals surface area contributed by atoms with Crippen molar-refractivity contribution in [1.82, 2.24) is 8.96 Å². The zero-order valence-corrected chi connectivity index (χ0v) is 11.6. The second kappa shape index (κ2) is 5.11. The summed E-state index contributed by atoms with van der Waals surface area (Å²) in [5, 5.41) is 0.994. The summed E-state index contributed by atoms with van der Waals surface area (Å²) < 4.78 is 13.3. The van der Waals surface area contributed by atoms with E-state index in [0.29, 0.717) is 5.56 Å². The molecule has 1 unspecified atom stereocenters. The molecule has 1 atom stereocenters. The van der Waals surface area contributed by atoms with Gasteiger partial charge in [-0.3, -0.25) is 9.78 Å². The molecule has 2 aromatic heterocycles. The standard InChI is InChI=1S/C15H12N2O2S/c1-20(19)17-7-6-13-14(8-16-9-15(13)17)12-4-2-11(10-18)3-5-12/h2-10H,1H3. The van der Waals surface area contributed by atoms with E-state index in [9.17, 15) is 9.35 Å². The first-order chi connectivity index (χ1) is 9.70. The number of rotatable bonds is 3. The van der Waals surface area contributed by atoms with Gasteiger partial charge < -0.3 is 4.55 Å². The maximum atomic E-state index is 11.7. The Kier molecular flexibility index (Phi) is 3.30. The van der Waals surface area contributed by atoms with E-state index in [2.05, 4.69) is 4.98 Å². The first-order valence-electron chi connectivity index (χ1n) is 6.05. The second-order valence-corrected chi connectivity index (χ2v) is 5.67. The van der Waals surface area contributed by atoms with Crippen LogP contribution in [0.15, 0.2) is 48.9 Å². The van der Waals surface area contributed by atoms with Crippen molar-refractivity contribution in [1.29, 1.82) is 0 Å². The van der Waals surface area contributed by atoms with Gasteiger partial charge in [-0.1, -0.05) is 24.3 Å². The highest BCUT2D eigenvalue weighted by atomic mass is 32.2. The summed E-state index contributed by atoms with van der Waals surface area (Å²) in [7, 11) is 0. The van der Waals surface area contributed by atoms with Gasteiger partial charge in [-0.15, -0.1) is 0 Å². The molecule has 0 spiro atoms. The van der Waals surface area contributed by atoms with Crippen LogP contribution in [0, 0.1) is 0 Å². The number of fused-ring (bicyclic) bond motifs is 1. The lowest BCUT2D eigenvalue weighted by atomic mass is 10.0. The quantitative estimate of drug-likeness (QED) is 0.549. The number of hydrogen-bond donors (Lipinski definition) is 0. The minimum atomic E-state index is -1.11. The third kappa shape index (κ3) is 2.11. The van der Waals surface area contributed by atoms with Gasteiger partial charge in [-0.25, -0.2) is 0 Å². The highest BCUT2D eigenvalue weighted by Crippen LogP contribution is 2.29. The van der Waals surface area contributed by atoms with Gasteiger partial charge in [-0.2, -0.15) is 3.97 Å². The maximum Gasteiger partial charge on any atom is 0.150 e. The minimum Gasteiger partial charge on any atom is -0.593 e. The molecule has 0 N–H and O–H groups in total. The van der Waals surface area contributed by atoms with Crippen molar-refractivity contribution in [2.24, 2.45) is 0 Å². The molecule has 0 amide bonds. The van der Waals surface area contributed by atoms with Crippen molar-refractivity contribution in [2.75, 3.05) is 6.26 Å². The Labute approximate surface area is 119 Å². The highest BCUT2D eigenvalue weighted by molar-refractivity contribution is 7.89. The number of carbonyl (C=O) groups is 1. The lowest BCUT2D eigenvalue weighted by Gasteiger charge is -2.07. The van der Waals surface area contributed by atoms with Crippen LogP contribution in [0.25, 0.3) is 22.0 Å². The van der Waals surface area contributed by atoms with Crippen LogP contribution >= 0.6 is 0 Å². The first-order valence-corrected chi connectivity index (χ1v) is 7.57. The first kappa shape index (κ1) is 12.9. The van der Waals surface area contributed by atoms with Crippen LogP contribution in [0.5, 0.6) is 0 Å². The monoisotopic (exact) mass is 284 g/mol. The Hall–Kier alpha value is -2.11. The zero-order chi connectivity index (χ0) is 14.1. The smallest absolute Gasteiger partial charge is 0.150 e. The molecule has 3 rings (SSSR count). The Balaban J connectivity index is 2.18. The molecule has 2 heterocycles. The number of aromatic nitrogens is 2. The van der Waals surface area contributed by atoms with Gasteiger partial charge in [0.15, 0.2) is 0 Å². The molecular formula is C15H12N2O2S. The summed E-state index contributed by atoms with van der Waals surface area (Å²) in [5.74, 6) is 0. The average molecular weight is 284 g/mol. The van der Waals surface area contributed by atoms with Crippen molar-refractivity contribution >= 4 is 28.6 Å². The fraction of sp³-hybridized carbons (Fsp3) is 0.0667. The van der Waals surface area contributed by atoms with Crippen molar-refractivity contribution < 1.29 is 9.35 Å². The number of benzene rings is 1. The number of pyridine rings is 1. The van der Waals surface area contributed by atoms with Crippen LogP contribution in [0.2, 0.25) is 0 Å². The number of hydrogen-bond acceptors (Lipinski definition) is 3. The van der Waals surface area contributed by atoms with Gasteiger partial charge in [-0.05, 0) is 11.6 Å². The molecular weight excluding hydrogens is 272 g/mol. The normalized spacial score (nSPS) is 12.5. The second-order valence-electron chi connectivity index (χ2n) is 4.43. The minimum absolute atomic E-state index is 0.640. The van der Waals surface area contributed by atoms with Gasteiger partial charge >= 0.3 is 0 Å². The van der Waals surface area contributed by atoms with Crippen molar-refractivity contribution in [3.8, 4) is 11.1 Å². The van der Waals surface area contributed by atoms with E-state index in [0.717, 1.165) is 28.3 Å². The van der Waals surface area contributed by atoms with Gasteiger partial charge in [0.1, 0.15) is 18.1 Å². The fourth-order valence-electron chi connectivity index (χ4n) is 2.23. The van der Waals surface area contributed by atoms with E-state index >= 15 is 0 Å². The lowest BCUT2D eigenvalue weighted by molar-refractivity contribution is 0.112. The molecule has 0 aliphatic carbocycles. The molecule has 1 aromatic carbocycles. The van der Waals surface area contributed by atoms with E-state index in [1.54, 1.807) is 41.0 Å². The number of carbonyl (C=O) groups excluding carboxylic acids is 1. The summed E-state index contributed by atoms with van der Waals surface area (Å²) in [5.41, 5.74) is 3.42. The van der Waals surface area contributed by atoms with E-state index in [1.807, 2.05) is 18.2 Å². The van der Waals surface area contributed by atoms with Crippen LogP contribution in [0.1, 0.15) is 10.4 Å². The molecule has 0 saturated heterocycles. The van der Waals surface area contributed by atoms with Crippen LogP contribution in [0.4, 0.5) is 0 Å². The summed E-state index contributed by atoms with van der Waals surface area (Å²) in [6.45, 7) is 0. The SMILES string of the molecule is C[S+]([O-])n1ccc2c(-c3ccc(C=O)cc3)cncc21. The average Bonchev–Trinajstić information content (AvgIpc) is 2.91. The molecule has 3 aromatic rings. The summed E-state index contributed by atoms with van der Waals surface area (Å²) >= 11 is -1.11. The third-order valence-corrected chi connectivity index (χ3v) is 4.09. The molecule has 0 bridgehead atoms. The molecule has 4 nitrogen and oxygen atoms in total. The molecule has 0 aliphatic heterocycles. The Bertz CT molecular complexity index is 763. The van der Waals surface area contributed by atoms with Crippen LogP contribution in [-0.4, -0.2) is 26.1 Å². The molecule has 0 radical (unpaired) electrons. The Morgan fingerprint density at radius 3 is 2.60 bits per heavy atom. The van der Waals surface area contributed by atoms with Crippen molar-refractivity contribution in [3.05, 3.63) is 54.5 Å². The molecule has 0 saturated carbocycles. The predicted molar refractivity (Wildman–Crippen MR) is 80.0 cm³/mol. The van der Waals surface area contributed by atoms with E-state index < -0.39 is 11.4 Å². The van der Waals surface area contributed by atoms with Crippen LogP contribution in [0.3, 0.4) is 0 Å².